The molecule has 2 N–H and O–H groups in total. The fourth-order valence-electron chi connectivity index (χ4n) is 6.04. The van der Waals surface area contributed by atoms with E-state index in [0.717, 1.165) is 53.6 Å². The number of hydrogen-bond acceptors (Lipinski definition) is 6. The molecule has 39 heavy (non-hydrogen) atoms. The van der Waals surface area contributed by atoms with Crippen LogP contribution in [-0.4, -0.2) is 51.5 Å². The number of aryl methyl sites for hydroxylation is 3. The van der Waals surface area contributed by atoms with Crippen molar-refractivity contribution in [2.75, 3.05) is 14.1 Å². The van der Waals surface area contributed by atoms with Crippen LogP contribution in [0.3, 0.4) is 0 Å². The molecule has 1 aliphatic carbocycles. The smallest absolute Gasteiger partial charge is 0.253 e. The van der Waals surface area contributed by atoms with Crippen molar-refractivity contribution in [2.45, 2.75) is 71.8 Å². The monoisotopic (exact) mass is 533 g/mol. The first-order chi connectivity index (χ1) is 18.5. The fraction of sp³-hybridized carbons (Fsp3) is 0.500. The van der Waals surface area contributed by atoms with E-state index in [9.17, 15) is 9.59 Å². The molecular formula is C30H39N5O4. The number of nitrogens with zero attached hydrogens (tertiary/aromatic N) is 3. The lowest BCUT2D eigenvalue weighted by Gasteiger charge is -2.39. The number of carbonyl (C=O) groups excluding carboxylic acids is 1. The number of nitrogens with one attached hydrogen (secondary N) is 2. The standard InChI is InChI=1S/C30H39N5O4/c1-17-12-18(2)33-29(37)25(17)15-31-28(36)23-13-24(20-14-32-35(7)16-20)27-26(19(23)3)38-30(4,39-27)21-8-10-22(11-9-21)34(5)6/h12-14,16,21-22H,8-11,15H2,1-7H3,(H,31,36)(H,33,37). The van der Waals surface area contributed by atoms with Crippen LogP contribution in [0.15, 0.2) is 29.3 Å². The van der Waals surface area contributed by atoms with E-state index in [-0.39, 0.29) is 23.9 Å². The van der Waals surface area contributed by atoms with Crippen LogP contribution in [0.4, 0.5) is 0 Å². The van der Waals surface area contributed by atoms with Gasteiger partial charge in [0.2, 0.25) is 0 Å². The summed E-state index contributed by atoms with van der Waals surface area (Å²) in [5.74, 6) is 0.394. The molecule has 9 heteroatoms. The van der Waals surface area contributed by atoms with E-state index in [4.69, 9.17) is 9.47 Å². The summed E-state index contributed by atoms with van der Waals surface area (Å²) in [5.41, 5.74) is 4.80. The number of benzene rings is 1. The third-order valence-electron chi connectivity index (χ3n) is 8.44. The van der Waals surface area contributed by atoms with Crippen LogP contribution in [0.2, 0.25) is 0 Å². The maximum atomic E-state index is 13.5. The number of carbonyl (C=O) groups is 1. The van der Waals surface area contributed by atoms with Gasteiger partial charge in [0, 0.05) is 72.2 Å². The summed E-state index contributed by atoms with van der Waals surface area (Å²) in [7, 11) is 6.13. The van der Waals surface area contributed by atoms with Crippen molar-refractivity contribution < 1.29 is 14.3 Å². The Balaban J connectivity index is 1.47. The minimum Gasteiger partial charge on any atom is -0.448 e. The molecule has 1 fully saturated rings. The quantitative estimate of drug-likeness (QED) is 0.492. The largest absolute Gasteiger partial charge is 0.448 e. The second-order valence-corrected chi connectivity index (χ2v) is 11.5. The molecule has 3 heterocycles. The summed E-state index contributed by atoms with van der Waals surface area (Å²) in [6.07, 6.45) is 7.87. The molecule has 9 nitrogen and oxygen atoms in total. The molecule has 5 rings (SSSR count). The first-order valence-electron chi connectivity index (χ1n) is 13.7. The maximum Gasteiger partial charge on any atom is 0.253 e. The zero-order valence-electron chi connectivity index (χ0n) is 24.0. The van der Waals surface area contributed by atoms with Crippen LogP contribution in [-0.2, 0) is 13.6 Å². The zero-order valence-corrected chi connectivity index (χ0v) is 24.0. The Labute approximate surface area is 229 Å². The molecule has 208 valence electrons. The van der Waals surface area contributed by atoms with Crippen molar-refractivity contribution in [3.8, 4) is 22.6 Å². The van der Waals surface area contributed by atoms with E-state index < -0.39 is 5.79 Å². The number of ether oxygens (including phenoxy) is 2. The summed E-state index contributed by atoms with van der Waals surface area (Å²) in [4.78, 5) is 31.1. The number of H-pyrrole nitrogens is 1. The third kappa shape index (κ3) is 5.07. The molecule has 1 saturated carbocycles. The van der Waals surface area contributed by atoms with Gasteiger partial charge in [0.1, 0.15) is 0 Å². The Morgan fingerprint density at radius 2 is 1.85 bits per heavy atom. The first kappa shape index (κ1) is 27.0. The SMILES string of the molecule is Cc1cc(C)c(CNC(=O)c2cc(-c3cnn(C)c3)c3c(c2C)OC(C)(C2CCC(N(C)C)CC2)O3)c(=O)[nH]1. The topological polar surface area (TPSA) is 101 Å². The second kappa shape index (κ2) is 10.2. The molecule has 1 amide bonds. The number of aromatic amines is 1. The van der Waals surface area contributed by atoms with E-state index in [1.807, 2.05) is 53.1 Å². The Hall–Kier alpha value is -3.59. The number of aromatic nitrogens is 3. The molecular weight excluding hydrogens is 494 g/mol. The van der Waals surface area contributed by atoms with Crippen LogP contribution in [0.5, 0.6) is 11.5 Å². The van der Waals surface area contributed by atoms with Crippen LogP contribution in [0, 0.1) is 26.7 Å². The van der Waals surface area contributed by atoms with Crippen molar-refractivity contribution in [3.05, 3.63) is 62.8 Å². The highest BCUT2D eigenvalue weighted by Gasteiger charge is 2.47. The highest BCUT2D eigenvalue weighted by atomic mass is 16.7. The molecule has 0 bridgehead atoms. The number of fused-ring (bicyclic) bond motifs is 1. The lowest BCUT2D eigenvalue weighted by Crippen LogP contribution is -2.46. The van der Waals surface area contributed by atoms with Gasteiger partial charge >= 0.3 is 0 Å². The van der Waals surface area contributed by atoms with Gasteiger partial charge in [-0.1, -0.05) is 0 Å². The highest BCUT2D eigenvalue weighted by molar-refractivity contribution is 5.99. The number of hydrogen-bond donors (Lipinski definition) is 2. The summed E-state index contributed by atoms with van der Waals surface area (Å²) >= 11 is 0. The molecule has 0 saturated heterocycles. The van der Waals surface area contributed by atoms with Crippen molar-refractivity contribution in [1.29, 1.82) is 0 Å². The Bertz CT molecular complexity index is 1460. The lowest BCUT2D eigenvalue weighted by atomic mass is 9.81. The van der Waals surface area contributed by atoms with E-state index >= 15 is 0 Å². The maximum absolute atomic E-state index is 13.5. The highest BCUT2D eigenvalue weighted by Crippen LogP contribution is 2.52. The molecule has 0 spiro atoms. The minimum absolute atomic E-state index is 0.128. The van der Waals surface area contributed by atoms with Crippen LogP contribution in [0.25, 0.3) is 11.1 Å². The van der Waals surface area contributed by atoms with Gasteiger partial charge in [-0.25, -0.2) is 0 Å². The summed E-state index contributed by atoms with van der Waals surface area (Å²) in [6, 6.07) is 4.33. The molecule has 3 aromatic rings. The zero-order chi connectivity index (χ0) is 28.1. The summed E-state index contributed by atoms with van der Waals surface area (Å²) in [6.45, 7) is 7.76. The summed E-state index contributed by atoms with van der Waals surface area (Å²) < 4.78 is 15.0. The van der Waals surface area contributed by atoms with E-state index in [2.05, 4.69) is 34.4 Å². The molecule has 2 aromatic heterocycles. The molecule has 1 atom stereocenters. The molecule has 1 aromatic carbocycles. The Kier molecular flexibility index (Phi) is 7.05. The van der Waals surface area contributed by atoms with Gasteiger partial charge in [-0.2, -0.15) is 5.10 Å². The fourth-order valence-corrected chi connectivity index (χ4v) is 6.04. The van der Waals surface area contributed by atoms with Gasteiger partial charge in [-0.05, 0) is 78.2 Å². The average molecular weight is 534 g/mol. The molecule has 0 radical (unpaired) electrons. The van der Waals surface area contributed by atoms with Gasteiger partial charge in [-0.3, -0.25) is 14.3 Å². The van der Waals surface area contributed by atoms with E-state index in [0.29, 0.717) is 28.7 Å². The van der Waals surface area contributed by atoms with Crippen LogP contribution < -0.4 is 20.3 Å². The second-order valence-electron chi connectivity index (χ2n) is 11.5. The first-order valence-corrected chi connectivity index (χ1v) is 13.7. The van der Waals surface area contributed by atoms with Gasteiger partial charge in [0.05, 0.1) is 6.20 Å². The van der Waals surface area contributed by atoms with Gasteiger partial charge in [0.25, 0.3) is 17.3 Å². The van der Waals surface area contributed by atoms with Gasteiger partial charge in [-0.15, -0.1) is 0 Å². The van der Waals surface area contributed by atoms with Crippen LogP contribution in [0.1, 0.15) is 65.3 Å². The van der Waals surface area contributed by atoms with E-state index in [1.54, 1.807) is 10.9 Å². The van der Waals surface area contributed by atoms with Gasteiger partial charge < -0.3 is 24.7 Å². The number of pyridine rings is 1. The molecule has 2 aliphatic rings. The van der Waals surface area contributed by atoms with Crippen molar-refractivity contribution in [2.24, 2.45) is 13.0 Å². The molecule has 1 aliphatic heterocycles. The van der Waals surface area contributed by atoms with Crippen LogP contribution >= 0.6 is 0 Å². The Morgan fingerprint density at radius 3 is 2.46 bits per heavy atom. The number of rotatable bonds is 6. The summed E-state index contributed by atoms with van der Waals surface area (Å²) in [5, 5.41) is 7.30. The third-order valence-corrected chi connectivity index (χ3v) is 8.44. The van der Waals surface area contributed by atoms with Crippen molar-refractivity contribution in [1.82, 2.24) is 25.0 Å². The number of amides is 1. The van der Waals surface area contributed by atoms with Gasteiger partial charge in [0.15, 0.2) is 11.5 Å². The van der Waals surface area contributed by atoms with Crippen molar-refractivity contribution in [3.63, 3.8) is 0 Å². The normalized spacial score (nSPS) is 22.4. The average Bonchev–Trinajstić information content (AvgIpc) is 3.47. The predicted molar refractivity (Wildman–Crippen MR) is 150 cm³/mol. The predicted octanol–water partition coefficient (Wildman–Crippen LogP) is 4.24. The van der Waals surface area contributed by atoms with Crippen molar-refractivity contribution >= 4 is 5.91 Å². The lowest BCUT2D eigenvalue weighted by molar-refractivity contribution is -0.123. The Morgan fingerprint density at radius 1 is 1.15 bits per heavy atom. The van der Waals surface area contributed by atoms with E-state index in [1.165, 1.54) is 0 Å². The molecule has 1 unspecified atom stereocenters. The minimum atomic E-state index is -0.817.